The first kappa shape index (κ1) is 12.8. The van der Waals surface area contributed by atoms with Gasteiger partial charge in [0.05, 0.1) is 21.8 Å². The summed E-state index contributed by atoms with van der Waals surface area (Å²) in [5, 5.41) is 3.83. The number of fused-ring (bicyclic) bond motifs is 1. The van der Waals surface area contributed by atoms with Gasteiger partial charge in [-0.25, -0.2) is 9.97 Å². The molecule has 2 heterocycles. The monoisotopic (exact) mass is 286 g/mol. The highest BCUT2D eigenvalue weighted by molar-refractivity contribution is 7.18. The number of aromatic amines is 1. The van der Waals surface area contributed by atoms with Crippen molar-refractivity contribution in [1.29, 1.82) is 0 Å². The number of benzene rings is 1. The van der Waals surface area contributed by atoms with Crippen molar-refractivity contribution in [3.63, 3.8) is 0 Å². The van der Waals surface area contributed by atoms with E-state index in [-0.39, 0.29) is 5.91 Å². The molecule has 0 bridgehead atoms. The standard InChI is InChI=1S/C14H14N4OS/c19-13(17-9-12-15-7-8-16-12)5-6-14-18-10-3-1-2-4-11(10)20-14/h1-4,7-8H,5-6,9H2,(H,15,16)(H,17,19). The van der Waals surface area contributed by atoms with Crippen LogP contribution in [0.15, 0.2) is 36.7 Å². The van der Waals surface area contributed by atoms with Crippen molar-refractivity contribution in [2.75, 3.05) is 0 Å². The molecule has 0 radical (unpaired) electrons. The van der Waals surface area contributed by atoms with Crippen LogP contribution in [0.5, 0.6) is 0 Å². The maximum absolute atomic E-state index is 11.8. The smallest absolute Gasteiger partial charge is 0.220 e. The number of nitrogens with one attached hydrogen (secondary N) is 2. The van der Waals surface area contributed by atoms with Gasteiger partial charge in [-0.15, -0.1) is 11.3 Å². The molecule has 5 nitrogen and oxygen atoms in total. The largest absolute Gasteiger partial charge is 0.349 e. The van der Waals surface area contributed by atoms with Crippen molar-refractivity contribution < 1.29 is 4.79 Å². The lowest BCUT2D eigenvalue weighted by atomic mass is 10.3. The fourth-order valence-electron chi connectivity index (χ4n) is 1.91. The summed E-state index contributed by atoms with van der Waals surface area (Å²) >= 11 is 1.65. The molecule has 0 unspecified atom stereocenters. The average Bonchev–Trinajstić information content (AvgIpc) is 3.11. The van der Waals surface area contributed by atoms with E-state index in [4.69, 9.17) is 0 Å². The van der Waals surface area contributed by atoms with E-state index in [9.17, 15) is 4.79 Å². The fraction of sp³-hybridized carbons (Fsp3) is 0.214. The Bertz CT molecular complexity index is 672. The van der Waals surface area contributed by atoms with Crippen molar-refractivity contribution in [2.24, 2.45) is 0 Å². The lowest BCUT2D eigenvalue weighted by Crippen LogP contribution is -2.23. The lowest BCUT2D eigenvalue weighted by molar-refractivity contribution is -0.121. The number of hydrogen-bond donors (Lipinski definition) is 2. The van der Waals surface area contributed by atoms with Gasteiger partial charge in [-0.3, -0.25) is 4.79 Å². The summed E-state index contributed by atoms with van der Waals surface area (Å²) in [5.74, 6) is 0.777. The first-order chi connectivity index (χ1) is 9.81. The molecule has 0 atom stereocenters. The number of nitrogens with zero attached hydrogens (tertiary/aromatic N) is 2. The SMILES string of the molecule is O=C(CCc1nc2ccccc2s1)NCc1ncc[nH]1. The van der Waals surface area contributed by atoms with E-state index in [0.717, 1.165) is 16.3 Å². The van der Waals surface area contributed by atoms with Crippen LogP contribution in [-0.4, -0.2) is 20.9 Å². The van der Waals surface area contributed by atoms with E-state index in [2.05, 4.69) is 20.3 Å². The number of amides is 1. The molecule has 3 rings (SSSR count). The molecule has 0 aliphatic heterocycles. The number of thiazole rings is 1. The Morgan fingerprint density at radius 2 is 2.25 bits per heavy atom. The summed E-state index contributed by atoms with van der Waals surface area (Å²) in [7, 11) is 0. The Labute approximate surface area is 120 Å². The van der Waals surface area contributed by atoms with Crippen LogP contribution in [0.1, 0.15) is 17.3 Å². The molecule has 1 aromatic carbocycles. The summed E-state index contributed by atoms with van der Waals surface area (Å²) < 4.78 is 1.17. The summed E-state index contributed by atoms with van der Waals surface area (Å²) in [5.41, 5.74) is 1.00. The molecule has 2 N–H and O–H groups in total. The number of para-hydroxylation sites is 1. The van der Waals surface area contributed by atoms with Crippen molar-refractivity contribution >= 4 is 27.5 Å². The zero-order valence-corrected chi connectivity index (χ0v) is 11.6. The summed E-state index contributed by atoms with van der Waals surface area (Å²) in [6.07, 6.45) is 4.52. The third-order valence-corrected chi connectivity index (χ3v) is 4.01. The second-order valence-electron chi connectivity index (χ2n) is 4.39. The highest BCUT2D eigenvalue weighted by Crippen LogP contribution is 2.22. The topological polar surface area (TPSA) is 70.7 Å². The number of imidazole rings is 1. The van der Waals surface area contributed by atoms with Gasteiger partial charge in [-0.2, -0.15) is 0 Å². The van der Waals surface area contributed by atoms with Gasteiger partial charge < -0.3 is 10.3 Å². The highest BCUT2D eigenvalue weighted by atomic mass is 32.1. The van der Waals surface area contributed by atoms with Crippen molar-refractivity contribution in [3.8, 4) is 0 Å². The minimum atomic E-state index is 0.0145. The van der Waals surface area contributed by atoms with Crippen molar-refractivity contribution in [1.82, 2.24) is 20.3 Å². The predicted molar refractivity (Wildman–Crippen MR) is 78.4 cm³/mol. The Kier molecular flexibility index (Phi) is 3.73. The van der Waals surface area contributed by atoms with Gasteiger partial charge in [0.15, 0.2) is 0 Å². The molecular weight excluding hydrogens is 272 g/mol. The zero-order valence-electron chi connectivity index (χ0n) is 10.8. The Morgan fingerprint density at radius 3 is 3.05 bits per heavy atom. The summed E-state index contributed by atoms with van der Waals surface area (Å²) in [6, 6.07) is 8.02. The number of carbonyl (C=O) groups is 1. The third-order valence-electron chi connectivity index (χ3n) is 2.91. The molecule has 2 aromatic heterocycles. The summed E-state index contributed by atoms with van der Waals surface area (Å²) in [4.78, 5) is 23.3. The number of hydrogen-bond acceptors (Lipinski definition) is 4. The number of H-pyrrole nitrogens is 1. The molecular formula is C14H14N4OS. The van der Waals surface area contributed by atoms with Gasteiger partial charge in [0.25, 0.3) is 0 Å². The fourth-order valence-corrected chi connectivity index (χ4v) is 2.88. The predicted octanol–water partition coefficient (Wildman–Crippen LogP) is 2.27. The quantitative estimate of drug-likeness (QED) is 0.756. The number of aromatic nitrogens is 3. The van der Waals surface area contributed by atoms with Gasteiger partial charge in [0.2, 0.25) is 5.91 Å². The molecule has 0 saturated carbocycles. The van der Waals surface area contributed by atoms with Crippen LogP contribution in [-0.2, 0) is 17.8 Å². The van der Waals surface area contributed by atoms with Crippen molar-refractivity contribution in [3.05, 3.63) is 47.5 Å². The molecule has 0 aliphatic carbocycles. The molecule has 0 aliphatic rings. The first-order valence-corrected chi connectivity index (χ1v) is 7.22. The van der Waals surface area contributed by atoms with Gasteiger partial charge in [0, 0.05) is 25.2 Å². The maximum atomic E-state index is 11.8. The van der Waals surface area contributed by atoms with E-state index in [1.807, 2.05) is 24.3 Å². The van der Waals surface area contributed by atoms with Crippen LogP contribution in [0.25, 0.3) is 10.2 Å². The normalized spacial score (nSPS) is 10.8. The molecule has 3 aromatic rings. The summed E-state index contributed by atoms with van der Waals surface area (Å²) in [6.45, 7) is 0.436. The minimum absolute atomic E-state index is 0.0145. The number of aryl methyl sites for hydroxylation is 1. The number of carbonyl (C=O) groups excluding carboxylic acids is 1. The van der Waals surface area contributed by atoms with Crippen molar-refractivity contribution in [2.45, 2.75) is 19.4 Å². The zero-order chi connectivity index (χ0) is 13.8. The van der Waals surface area contributed by atoms with Crippen LogP contribution in [0.2, 0.25) is 0 Å². The van der Waals surface area contributed by atoms with Gasteiger partial charge in [-0.1, -0.05) is 12.1 Å². The van der Waals surface area contributed by atoms with E-state index in [1.165, 1.54) is 4.70 Å². The van der Waals surface area contributed by atoms with Gasteiger partial charge in [-0.05, 0) is 12.1 Å². The Balaban J connectivity index is 1.52. The second-order valence-corrected chi connectivity index (χ2v) is 5.50. The van der Waals surface area contributed by atoms with Crippen LogP contribution >= 0.6 is 11.3 Å². The third kappa shape index (κ3) is 3.03. The maximum Gasteiger partial charge on any atom is 0.220 e. The van der Waals surface area contributed by atoms with Gasteiger partial charge in [0.1, 0.15) is 5.82 Å². The van der Waals surface area contributed by atoms with Crippen LogP contribution in [0, 0.1) is 0 Å². The number of rotatable bonds is 5. The van der Waals surface area contributed by atoms with Crippen LogP contribution < -0.4 is 5.32 Å². The Morgan fingerprint density at radius 1 is 1.35 bits per heavy atom. The second kappa shape index (κ2) is 5.83. The Hall–Kier alpha value is -2.21. The molecule has 0 saturated heterocycles. The average molecular weight is 286 g/mol. The molecule has 0 fully saturated rings. The lowest BCUT2D eigenvalue weighted by Gasteiger charge is -2.01. The van der Waals surface area contributed by atoms with E-state index < -0.39 is 0 Å². The molecule has 102 valence electrons. The van der Waals surface area contributed by atoms with E-state index in [1.54, 1.807) is 23.7 Å². The van der Waals surface area contributed by atoms with Crippen LogP contribution in [0.4, 0.5) is 0 Å². The molecule has 1 amide bonds. The molecule has 0 spiro atoms. The van der Waals surface area contributed by atoms with Gasteiger partial charge >= 0.3 is 0 Å². The molecule has 20 heavy (non-hydrogen) atoms. The highest BCUT2D eigenvalue weighted by Gasteiger charge is 2.07. The molecule has 6 heteroatoms. The van der Waals surface area contributed by atoms with Crippen LogP contribution in [0.3, 0.4) is 0 Å². The first-order valence-electron chi connectivity index (χ1n) is 6.40. The van der Waals surface area contributed by atoms with E-state index >= 15 is 0 Å². The minimum Gasteiger partial charge on any atom is -0.349 e. The van der Waals surface area contributed by atoms with E-state index in [0.29, 0.717) is 19.4 Å².